The van der Waals surface area contributed by atoms with Gasteiger partial charge >= 0.3 is 0 Å². The summed E-state index contributed by atoms with van der Waals surface area (Å²) in [6, 6.07) is 0. The largest absolute Gasteiger partial charge is 0.342 e. The molecule has 1 aliphatic carbocycles. The van der Waals surface area contributed by atoms with Crippen LogP contribution < -0.4 is 0 Å². The van der Waals surface area contributed by atoms with Crippen LogP contribution in [-0.4, -0.2) is 29.6 Å². The first-order chi connectivity index (χ1) is 7.26. The second-order valence-corrected chi connectivity index (χ2v) is 5.42. The summed E-state index contributed by atoms with van der Waals surface area (Å²) in [4.78, 5) is 13.5. The van der Waals surface area contributed by atoms with Crippen LogP contribution >= 0.6 is 12.6 Å². The van der Waals surface area contributed by atoms with Crippen molar-refractivity contribution < 1.29 is 4.79 Å². The van der Waals surface area contributed by atoms with Crippen LogP contribution in [0.2, 0.25) is 0 Å². The van der Waals surface area contributed by atoms with Gasteiger partial charge in [0.05, 0.1) is 5.75 Å². The molecule has 1 spiro atoms. The standard InChI is InChI=1S/C12H21NOS/c14-11(10-15)13-8-6-12(7-9-13)4-2-1-3-5-12/h15H,1-10H2. The fourth-order valence-corrected chi connectivity index (χ4v) is 3.33. The van der Waals surface area contributed by atoms with Gasteiger partial charge in [0.2, 0.25) is 5.91 Å². The van der Waals surface area contributed by atoms with Gasteiger partial charge in [-0.05, 0) is 31.1 Å². The molecule has 3 heteroatoms. The number of hydrogen-bond donors (Lipinski definition) is 1. The number of piperidine rings is 1. The molecular weight excluding hydrogens is 206 g/mol. The van der Waals surface area contributed by atoms with Gasteiger partial charge in [-0.1, -0.05) is 19.3 Å². The lowest BCUT2D eigenvalue weighted by molar-refractivity contribution is -0.131. The Kier molecular flexibility index (Phi) is 3.60. The third kappa shape index (κ3) is 2.49. The van der Waals surface area contributed by atoms with Gasteiger partial charge in [0.25, 0.3) is 0 Å². The molecule has 0 aromatic carbocycles. The van der Waals surface area contributed by atoms with Crippen LogP contribution in [0.1, 0.15) is 44.9 Å². The Bertz CT molecular complexity index is 226. The van der Waals surface area contributed by atoms with Gasteiger partial charge in [-0.3, -0.25) is 4.79 Å². The second kappa shape index (κ2) is 4.77. The fraction of sp³-hybridized carbons (Fsp3) is 0.917. The molecule has 0 atom stereocenters. The second-order valence-electron chi connectivity index (χ2n) is 5.10. The molecule has 2 nitrogen and oxygen atoms in total. The number of thiol groups is 1. The van der Waals surface area contributed by atoms with E-state index in [0.29, 0.717) is 11.2 Å². The van der Waals surface area contributed by atoms with Crippen molar-refractivity contribution >= 4 is 18.5 Å². The molecular formula is C12H21NOS. The molecule has 0 N–H and O–H groups in total. The number of likely N-dealkylation sites (tertiary alicyclic amines) is 1. The van der Waals surface area contributed by atoms with E-state index in [-0.39, 0.29) is 5.91 Å². The molecule has 0 aromatic rings. The number of carbonyl (C=O) groups is 1. The van der Waals surface area contributed by atoms with Gasteiger partial charge in [-0.15, -0.1) is 0 Å². The zero-order valence-corrected chi connectivity index (χ0v) is 10.3. The first kappa shape index (κ1) is 11.3. The molecule has 0 aromatic heterocycles. The summed E-state index contributed by atoms with van der Waals surface area (Å²) in [7, 11) is 0. The third-order valence-corrected chi connectivity index (χ3v) is 4.50. The molecule has 1 heterocycles. The highest BCUT2D eigenvalue weighted by molar-refractivity contribution is 7.81. The summed E-state index contributed by atoms with van der Waals surface area (Å²) in [6.07, 6.45) is 9.48. The lowest BCUT2D eigenvalue weighted by atomic mass is 9.68. The average Bonchev–Trinajstić information content (AvgIpc) is 2.30. The van der Waals surface area contributed by atoms with Crippen molar-refractivity contribution in [3.05, 3.63) is 0 Å². The van der Waals surface area contributed by atoms with E-state index in [1.54, 1.807) is 0 Å². The van der Waals surface area contributed by atoms with Crippen molar-refractivity contribution in [3.63, 3.8) is 0 Å². The van der Waals surface area contributed by atoms with E-state index in [0.717, 1.165) is 13.1 Å². The molecule has 0 unspecified atom stereocenters. The molecule has 1 saturated heterocycles. The van der Waals surface area contributed by atoms with Crippen molar-refractivity contribution in [1.29, 1.82) is 0 Å². The van der Waals surface area contributed by atoms with Crippen LogP contribution in [-0.2, 0) is 4.79 Å². The van der Waals surface area contributed by atoms with Gasteiger partial charge in [0, 0.05) is 13.1 Å². The van der Waals surface area contributed by atoms with Crippen LogP contribution in [0.3, 0.4) is 0 Å². The topological polar surface area (TPSA) is 20.3 Å². The van der Waals surface area contributed by atoms with E-state index in [1.807, 2.05) is 4.90 Å². The Hall–Kier alpha value is -0.180. The molecule has 15 heavy (non-hydrogen) atoms. The summed E-state index contributed by atoms with van der Waals surface area (Å²) in [5.74, 6) is 0.580. The van der Waals surface area contributed by atoms with Crippen molar-refractivity contribution in [2.75, 3.05) is 18.8 Å². The maximum Gasteiger partial charge on any atom is 0.232 e. The number of nitrogens with zero attached hydrogens (tertiary/aromatic N) is 1. The monoisotopic (exact) mass is 227 g/mol. The minimum atomic E-state index is 0.212. The van der Waals surface area contributed by atoms with E-state index in [1.165, 1.54) is 44.9 Å². The highest BCUT2D eigenvalue weighted by Crippen LogP contribution is 2.44. The first-order valence-corrected chi connectivity index (χ1v) is 6.78. The first-order valence-electron chi connectivity index (χ1n) is 6.14. The Morgan fingerprint density at radius 1 is 1.07 bits per heavy atom. The van der Waals surface area contributed by atoms with Gasteiger partial charge in [-0.2, -0.15) is 12.6 Å². The summed E-state index contributed by atoms with van der Waals surface area (Å²) in [5.41, 5.74) is 0.603. The number of hydrogen-bond acceptors (Lipinski definition) is 2. The highest BCUT2D eigenvalue weighted by atomic mass is 32.1. The van der Waals surface area contributed by atoms with Crippen molar-refractivity contribution in [3.8, 4) is 0 Å². The third-order valence-electron chi connectivity index (χ3n) is 4.23. The Labute approximate surface area is 97.8 Å². The normalized spacial score (nSPS) is 25.5. The van der Waals surface area contributed by atoms with Crippen LogP contribution in [0.25, 0.3) is 0 Å². The zero-order valence-electron chi connectivity index (χ0n) is 9.37. The van der Waals surface area contributed by atoms with Crippen LogP contribution in [0.5, 0.6) is 0 Å². The SMILES string of the molecule is O=C(CS)N1CCC2(CCCCC2)CC1. The molecule has 1 saturated carbocycles. The Balaban J connectivity index is 1.88. The molecule has 2 rings (SSSR count). The van der Waals surface area contributed by atoms with Crippen molar-refractivity contribution in [2.45, 2.75) is 44.9 Å². The van der Waals surface area contributed by atoms with E-state index in [2.05, 4.69) is 12.6 Å². The molecule has 86 valence electrons. The molecule has 2 fully saturated rings. The van der Waals surface area contributed by atoms with Crippen molar-refractivity contribution in [2.24, 2.45) is 5.41 Å². The Morgan fingerprint density at radius 3 is 2.20 bits per heavy atom. The van der Waals surface area contributed by atoms with Gasteiger partial charge in [0.15, 0.2) is 0 Å². The summed E-state index contributed by atoms with van der Waals surface area (Å²) in [5, 5.41) is 0. The summed E-state index contributed by atoms with van der Waals surface area (Å²) >= 11 is 4.05. The quantitative estimate of drug-likeness (QED) is 0.682. The lowest BCUT2D eigenvalue weighted by Gasteiger charge is -2.44. The maximum absolute atomic E-state index is 11.5. The lowest BCUT2D eigenvalue weighted by Crippen LogP contribution is -2.44. The molecule has 2 aliphatic rings. The van der Waals surface area contributed by atoms with E-state index in [4.69, 9.17) is 0 Å². The average molecular weight is 227 g/mol. The Morgan fingerprint density at radius 2 is 1.67 bits per heavy atom. The van der Waals surface area contributed by atoms with Crippen molar-refractivity contribution in [1.82, 2.24) is 4.90 Å². The molecule has 0 bridgehead atoms. The predicted octanol–water partition coefficient (Wildman–Crippen LogP) is 2.49. The van der Waals surface area contributed by atoms with E-state index in [9.17, 15) is 4.79 Å². The zero-order chi connectivity index (χ0) is 10.7. The van der Waals surface area contributed by atoms with E-state index >= 15 is 0 Å². The molecule has 1 aliphatic heterocycles. The van der Waals surface area contributed by atoms with Crippen LogP contribution in [0.4, 0.5) is 0 Å². The minimum Gasteiger partial charge on any atom is -0.342 e. The predicted molar refractivity (Wildman–Crippen MR) is 65.2 cm³/mol. The van der Waals surface area contributed by atoms with Crippen LogP contribution in [0, 0.1) is 5.41 Å². The minimum absolute atomic E-state index is 0.212. The maximum atomic E-state index is 11.5. The van der Waals surface area contributed by atoms with Gasteiger partial charge in [-0.25, -0.2) is 0 Å². The highest BCUT2D eigenvalue weighted by Gasteiger charge is 2.36. The number of rotatable bonds is 1. The smallest absolute Gasteiger partial charge is 0.232 e. The van der Waals surface area contributed by atoms with Gasteiger partial charge in [0.1, 0.15) is 0 Å². The molecule has 0 radical (unpaired) electrons. The fourth-order valence-electron chi connectivity index (χ4n) is 3.13. The molecule has 1 amide bonds. The number of carbonyl (C=O) groups excluding carboxylic acids is 1. The van der Waals surface area contributed by atoms with Crippen LogP contribution in [0.15, 0.2) is 0 Å². The number of amides is 1. The summed E-state index contributed by atoms with van der Waals surface area (Å²) < 4.78 is 0. The summed E-state index contributed by atoms with van der Waals surface area (Å²) in [6.45, 7) is 1.94. The van der Waals surface area contributed by atoms with E-state index < -0.39 is 0 Å². The van der Waals surface area contributed by atoms with Gasteiger partial charge < -0.3 is 4.90 Å².